The van der Waals surface area contributed by atoms with Crippen LogP contribution in [0.2, 0.25) is 0 Å². The van der Waals surface area contributed by atoms with Crippen molar-refractivity contribution in [2.24, 2.45) is 0 Å². The molecule has 0 aliphatic carbocycles. The first-order valence-electron chi connectivity index (χ1n) is 9.02. The molecule has 0 atom stereocenters. The molecule has 138 valence electrons. The molecule has 0 bridgehead atoms. The summed E-state index contributed by atoms with van der Waals surface area (Å²) < 4.78 is 0. The molecular formula is C21H27N3O2. The zero-order valence-electron chi connectivity index (χ0n) is 15.9. The van der Waals surface area contributed by atoms with Crippen molar-refractivity contribution in [2.75, 3.05) is 22.1 Å². The molecule has 2 amide bonds. The van der Waals surface area contributed by atoms with Gasteiger partial charge in [0.2, 0.25) is 5.91 Å². The molecule has 0 fully saturated rings. The molecule has 2 rings (SSSR count). The second-order valence-corrected chi connectivity index (χ2v) is 6.36. The maximum atomic E-state index is 12.5. The van der Waals surface area contributed by atoms with Crippen molar-refractivity contribution in [3.63, 3.8) is 0 Å². The molecular weight excluding hydrogens is 326 g/mol. The van der Waals surface area contributed by atoms with E-state index in [1.54, 1.807) is 31.2 Å². The lowest BCUT2D eigenvalue weighted by molar-refractivity contribution is -0.115. The maximum Gasteiger partial charge on any atom is 0.255 e. The molecule has 0 aliphatic rings. The summed E-state index contributed by atoms with van der Waals surface area (Å²) >= 11 is 0. The monoisotopic (exact) mass is 353 g/mol. The Bertz CT molecular complexity index is 754. The Hall–Kier alpha value is -2.82. The third-order valence-corrected chi connectivity index (χ3v) is 4.15. The van der Waals surface area contributed by atoms with Gasteiger partial charge in [-0.15, -0.1) is 0 Å². The summed E-state index contributed by atoms with van der Waals surface area (Å²) in [6, 6.07) is 15.2. The number of hydrogen-bond donors (Lipinski definition) is 2. The zero-order chi connectivity index (χ0) is 19.1. The van der Waals surface area contributed by atoms with Crippen molar-refractivity contribution in [2.45, 2.75) is 40.2 Å². The first-order chi connectivity index (χ1) is 12.4. The average molecular weight is 353 g/mol. The van der Waals surface area contributed by atoms with E-state index in [0.29, 0.717) is 23.7 Å². The van der Waals surface area contributed by atoms with E-state index in [9.17, 15) is 9.59 Å². The third-order valence-electron chi connectivity index (χ3n) is 4.15. The highest BCUT2D eigenvalue weighted by atomic mass is 16.2. The Kier molecular flexibility index (Phi) is 6.78. The lowest BCUT2D eigenvalue weighted by atomic mass is 10.1. The maximum absolute atomic E-state index is 12.5. The fraction of sp³-hybridized carbons (Fsp3) is 0.333. The molecule has 0 aliphatic heterocycles. The molecule has 0 heterocycles. The van der Waals surface area contributed by atoms with Crippen LogP contribution in [0, 0.1) is 0 Å². The van der Waals surface area contributed by atoms with Gasteiger partial charge in [-0.2, -0.15) is 0 Å². The van der Waals surface area contributed by atoms with Crippen LogP contribution in [0.5, 0.6) is 0 Å². The van der Waals surface area contributed by atoms with Crippen molar-refractivity contribution < 1.29 is 9.59 Å². The number of hydrogen-bond acceptors (Lipinski definition) is 3. The fourth-order valence-electron chi connectivity index (χ4n) is 2.77. The molecule has 0 saturated carbocycles. The van der Waals surface area contributed by atoms with Gasteiger partial charge in [-0.05, 0) is 63.2 Å². The smallest absolute Gasteiger partial charge is 0.255 e. The van der Waals surface area contributed by atoms with Gasteiger partial charge in [0.1, 0.15) is 0 Å². The van der Waals surface area contributed by atoms with Crippen LogP contribution in [0.25, 0.3) is 0 Å². The molecule has 5 nitrogen and oxygen atoms in total. The Labute approximate surface area is 155 Å². The van der Waals surface area contributed by atoms with Crippen LogP contribution in [-0.2, 0) is 4.79 Å². The Morgan fingerprint density at radius 3 is 2.23 bits per heavy atom. The van der Waals surface area contributed by atoms with Gasteiger partial charge in [-0.1, -0.05) is 13.0 Å². The average Bonchev–Trinajstić information content (AvgIpc) is 2.63. The van der Waals surface area contributed by atoms with Crippen LogP contribution >= 0.6 is 0 Å². The van der Waals surface area contributed by atoms with Crippen molar-refractivity contribution in [3.8, 4) is 0 Å². The van der Waals surface area contributed by atoms with E-state index in [4.69, 9.17) is 0 Å². The highest BCUT2D eigenvalue weighted by Gasteiger charge is 2.10. The summed E-state index contributed by atoms with van der Waals surface area (Å²) in [5.41, 5.74) is 2.99. The first kappa shape index (κ1) is 19.5. The summed E-state index contributed by atoms with van der Waals surface area (Å²) in [7, 11) is 0. The lowest BCUT2D eigenvalue weighted by Gasteiger charge is -2.27. The second kappa shape index (κ2) is 9.04. The number of carbonyl (C=O) groups excluding carboxylic acids is 2. The van der Waals surface area contributed by atoms with E-state index >= 15 is 0 Å². The molecule has 5 heteroatoms. The lowest BCUT2D eigenvalue weighted by Crippen LogP contribution is -2.30. The molecule has 26 heavy (non-hydrogen) atoms. The highest BCUT2D eigenvalue weighted by molar-refractivity contribution is 6.05. The summed E-state index contributed by atoms with van der Waals surface area (Å²) in [4.78, 5) is 26.3. The van der Waals surface area contributed by atoms with E-state index in [2.05, 4.69) is 36.3 Å². The highest BCUT2D eigenvalue weighted by Crippen LogP contribution is 2.20. The van der Waals surface area contributed by atoms with Crippen molar-refractivity contribution in [1.82, 2.24) is 0 Å². The van der Waals surface area contributed by atoms with Crippen LogP contribution in [0.1, 0.15) is 44.5 Å². The van der Waals surface area contributed by atoms with Gasteiger partial charge >= 0.3 is 0 Å². The number of anilines is 3. The Balaban J connectivity index is 2.08. The minimum atomic E-state index is -0.207. The number of carbonyl (C=O) groups is 2. The Morgan fingerprint density at radius 2 is 1.65 bits per heavy atom. The number of amides is 2. The largest absolute Gasteiger partial charge is 0.369 e. The van der Waals surface area contributed by atoms with Gasteiger partial charge < -0.3 is 15.5 Å². The minimum Gasteiger partial charge on any atom is -0.369 e. The summed E-state index contributed by atoms with van der Waals surface area (Å²) in [5, 5.41) is 5.66. The van der Waals surface area contributed by atoms with Gasteiger partial charge in [-0.25, -0.2) is 0 Å². The summed E-state index contributed by atoms with van der Waals surface area (Å²) in [6.07, 6.45) is 0.397. The van der Waals surface area contributed by atoms with Crippen molar-refractivity contribution in [1.29, 1.82) is 0 Å². The van der Waals surface area contributed by atoms with E-state index in [-0.39, 0.29) is 11.8 Å². The van der Waals surface area contributed by atoms with E-state index in [1.165, 1.54) is 0 Å². The number of nitrogens with one attached hydrogen (secondary N) is 2. The van der Waals surface area contributed by atoms with Crippen molar-refractivity contribution in [3.05, 3.63) is 54.1 Å². The van der Waals surface area contributed by atoms with Gasteiger partial charge in [0.25, 0.3) is 5.91 Å². The molecule has 0 radical (unpaired) electrons. The van der Waals surface area contributed by atoms with Gasteiger partial charge in [0.15, 0.2) is 0 Å². The number of rotatable bonds is 7. The van der Waals surface area contributed by atoms with E-state index in [0.717, 1.165) is 17.9 Å². The van der Waals surface area contributed by atoms with Gasteiger partial charge in [0, 0.05) is 41.6 Å². The molecule has 2 aromatic rings. The normalized spacial score (nSPS) is 10.5. The third kappa shape index (κ3) is 5.09. The van der Waals surface area contributed by atoms with Crippen LogP contribution in [0.15, 0.2) is 48.5 Å². The van der Waals surface area contributed by atoms with Gasteiger partial charge in [-0.3, -0.25) is 9.59 Å². The molecule has 0 aromatic heterocycles. The quantitative estimate of drug-likeness (QED) is 0.769. The fourth-order valence-corrected chi connectivity index (χ4v) is 2.77. The molecule has 0 saturated heterocycles. The SMILES string of the molecule is CCC(=O)Nc1cccc(C(=O)Nc2ccc(N(CC)C(C)C)cc2)c1. The predicted molar refractivity (Wildman–Crippen MR) is 108 cm³/mol. The van der Waals surface area contributed by atoms with Gasteiger partial charge in [0.05, 0.1) is 0 Å². The number of nitrogens with zero attached hydrogens (tertiary/aromatic N) is 1. The van der Waals surface area contributed by atoms with Crippen LogP contribution in [0.3, 0.4) is 0 Å². The van der Waals surface area contributed by atoms with E-state index < -0.39 is 0 Å². The topological polar surface area (TPSA) is 61.4 Å². The summed E-state index contributed by atoms with van der Waals surface area (Å²) in [6.45, 7) is 9.15. The van der Waals surface area contributed by atoms with Crippen LogP contribution in [-0.4, -0.2) is 24.4 Å². The Morgan fingerprint density at radius 1 is 0.962 bits per heavy atom. The van der Waals surface area contributed by atoms with Crippen molar-refractivity contribution >= 4 is 28.9 Å². The zero-order valence-corrected chi connectivity index (χ0v) is 15.9. The minimum absolute atomic E-state index is 0.0798. The van der Waals surface area contributed by atoms with Crippen LogP contribution in [0.4, 0.5) is 17.1 Å². The molecule has 0 unspecified atom stereocenters. The molecule has 2 N–H and O–H groups in total. The number of benzene rings is 2. The standard InChI is InChI=1S/C21H27N3O2/c1-5-20(25)22-18-9-7-8-16(14-18)21(26)23-17-10-12-19(13-11-17)24(6-2)15(3)4/h7-15H,5-6H2,1-4H3,(H,22,25)(H,23,26). The van der Waals surface area contributed by atoms with E-state index in [1.807, 2.05) is 24.3 Å². The summed E-state index contributed by atoms with van der Waals surface area (Å²) in [5.74, 6) is -0.287. The second-order valence-electron chi connectivity index (χ2n) is 6.36. The predicted octanol–water partition coefficient (Wildman–Crippen LogP) is 4.52. The van der Waals surface area contributed by atoms with Crippen LogP contribution < -0.4 is 15.5 Å². The first-order valence-corrected chi connectivity index (χ1v) is 9.02. The molecule has 2 aromatic carbocycles. The molecule has 0 spiro atoms.